The molecule has 0 fully saturated rings. The summed E-state index contributed by atoms with van der Waals surface area (Å²) in [5, 5.41) is 6.31. The number of hydrogen-bond acceptors (Lipinski definition) is 3. The number of carbonyl (C=O) groups is 1. The van der Waals surface area contributed by atoms with E-state index in [2.05, 4.69) is 15.2 Å². The minimum atomic E-state index is -4.36. The third-order valence-electron chi connectivity index (χ3n) is 1.72. The molecule has 96 valence electrons. The molecule has 8 heteroatoms. The Balaban J connectivity index is 2.18. The normalized spacial score (nSPS) is 11.5. The average Bonchev–Trinajstić information content (AvgIpc) is 2.57. The summed E-state index contributed by atoms with van der Waals surface area (Å²) in [4.78, 5) is 11.2. The van der Waals surface area contributed by atoms with Gasteiger partial charge in [-0.2, -0.15) is 18.3 Å². The highest BCUT2D eigenvalue weighted by molar-refractivity contribution is 5.89. The molecule has 1 heterocycles. The quantitative estimate of drug-likeness (QED) is 0.803. The molecular formula is C9H12F3N3O2. The summed E-state index contributed by atoms with van der Waals surface area (Å²) >= 11 is 0. The Morgan fingerprint density at radius 2 is 2.29 bits per heavy atom. The highest BCUT2D eigenvalue weighted by atomic mass is 19.4. The first kappa shape index (κ1) is 13.5. The van der Waals surface area contributed by atoms with Crippen molar-refractivity contribution < 1.29 is 22.7 Å². The van der Waals surface area contributed by atoms with Crippen LogP contribution in [0, 0.1) is 0 Å². The number of amides is 1. The average molecular weight is 251 g/mol. The van der Waals surface area contributed by atoms with Crippen LogP contribution >= 0.6 is 0 Å². The molecule has 0 spiro atoms. The number of ether oxygens (including phenoxy) is 1. The number of nitrogens with one attached hydrogen (secondary N) is 1. The van der Waals surface area contributed by atoms with Gasteiger partial charge < -0.3 is 10.1 Å². The van der Waals surface area contributed by atoms with Gasteiger partial charge in [0.2, 0.25) is 5.91 Å². The smallest absolute Gasteiger partial charge is 0.372 e. The van der Waals surface area contributed by atoms with Crippen molar-refractivity contribution in [2.75, 3.05) is 18.5 Å². The second-order valence-electron chi connectivity index (χ2n) is 3.34. The molecule has 0 saturated heterocycles. The number of nitrogens with zero attached hydrogens (tertiary/aromatic N) is 2. The highest BCUT2D eigenvalue weighted by Crippen LogP contribution is 2.14. The molecule has 1 N–H and O–H groups in total. The van der Waals surface area contributed by atoms with E-state index in [-0.39, 0.29) is 13.0 Å². The van der Waals surface area contributed by atoms with Crippen LogP contribution in [0.1, 0.15) is 6.42 Å². The van der Waals surface area contributed by atoms with Gasteiger partial charge in [0, 0.05) is 19.3 Å². The van der Waals surface area contributed by atoms with Crippen molar-refractivity contribution in [1.29, 1.82) is 0 Å². The number of aromatic nitrogens is 2. The van der Waals surface area contributed by atoms with Crippen molar-refractivity contribution in [2.45, 2.75) is 12.6 Å². The minimum absolute atomic E-state index is 0.146. The Kier molecular flexibility index (Phi) is 4.50. The van der Waals surface area contributed by atoms with E-state index >= 15 is 0 Å². The molecule has 1 aromatic heterocycles. The van der Waals surface area contributed by atoms with Gasteiger partial charge in [-0.15, -0.1) is 0 Å². The predicted octanol–water partition coefficient (Wildman–Crippen LogP) is 1.33. The SMILES string of the molecule is Cn1ccc(NC(=O)CCOCC(F)(F)F)n1. The lowest BCUT2D eigenvalue weighted by atomic mass is 10.4. The number of alkyl halides is 3. The molecule has 1 rings (SSSR count). The molecule has 1 aromatic rings. The van der Waals surface area contributed by atoms with Crippen molar-refractivity contribution >= 4 is 11.7 Å². The van der Waals surface area contributed by atoms with Crippen LogP contribution in [0.4, 0.5) is 19.0 Å². The van der Waals surface area contributed by atoms with Gasteiger partial charge in [0.05, 0.1) is 13.0 Å². The Morgan fingerprint density at radius 3 is 2.82 bits per heavy atom. The van der Waals surface area contributed by atoms with Crippen LogP contribution in [0.5, 0.6) is 0 Å². The van der Waals surface area contributed by atoms with Crippen LogP contribution in [0.25, 0.3) is 0 Å². The van der Waals surface area contributed by atoms with Crippen LogP contribution in [-0.4, -0.2) is 35.1 Å². The lowest BCUT2D eigenvalue weighted by Crippen LogP contribution is -2.20. The number of hydrogen-bond donors (Lipinski definition) is 1. The summed E-state index contributed by atoms with van der Waals surface area (Å²) in [5.74, 6) is -0.0841. The molecule has 0 aromatic carbocycles. The number of halogens is 3. The molecule has 0 aliphatic carbocycles. The van der Waals surface area contributed by atoms with Gasteiger partial charge in [-0.05, 0) is 0 Å². The fraction of sp³-hybridized carbons (Fsp3) is 0.556. The summed E-state index contributed by atoms with van der Waals surface area (Å²) in [6, 6.07) is 1.58. The summed E-state index contributed by atoms with van der Waals surface area (Å²) in [5.41, 5.74) is 0. The first-order valence-electron chi connectivity index (χ1n) is 4.81. The number of anilines is 1. The molecule has 17 heavy (non-hydrogen) atoms. The molecular weight excluding hydrogens is 239 g/mol. The Bertz CT molecular complexity index is 376. The Morgan fingerprint density at radius 1 is 1.59 bits per heavy atom. The molecule has 0 radical (unpaired) electrons. The van der Waals surface area contributed by atoms with E-state index in [4.69, 9.17) is 0 Å². The second kappa shape index (κ2) is 5.67. The van der Waals surface area contributed by atoms with Crippen molar-refractivity contribution in [3.8, 4) is 0 Å². The predicted molar refractivity (Wildman–Crippen MR) is 53.3 cm³/mol. The van der Waals surface area contributed by atoms with Crippen LogP contribution in [0.3, 0.4) is 0 Å². The first-order valence-corrected chi connectivity index (χ1v) is 4.81. The maximum Gasteiger partial charge on any atom is 0.411 e. The lowest BCUT2D eigenvalue weighted by Gasteiger charge is -2.07. The van der Waals surface area contributed by atoms with Gasteiger partial charge in [-0.3, -0.25) is 9.48 Å². The largest absolute Gasteiger partial charge is 0.411 e. The monoisotopic (exact) mass is 251 g/mol. The Hall–Kier alpha value is -1.57. The van der Waals surface area contributed by atoms with Gasteiger partial charge in [0.25, 0.3) is 0 Å². The molecule has 5 nitrogen and oxygen atoms in total. The maximum absolute atomic E-state index is 11.7. The standard InChI is InChI=1S/C9H12F3N3O2/c1-15-4-2-7(14-15)13-8(16)3-5-17-6-9(10,11)12/h2,4H,3,5-6H2,1H3,(H,13,14,16). The molecule has 0 aliphatic heterocycles. The summed E-state index contributed by atoms with van der Waals surface area (Å²) in [7, 11) is 1.68. The number of aryl methyl sites for hydroxylation is 1. The van der Waals surface area contributed by atoms with E-state index in [0.717, 1.165) is 0 Å². The topological polar surface area (TPSA) is 56.2 Å². The van der Waals surface area contributed by atoms with Gasteiger partial charge in [0.1, 0.15) is 6.61 Å². The van der Waals surface area contributed by atoms with Gasteiger partial charge >= 0.3 is 6.18 Å². The molecule has 0 atom stereocenters. The van der Waals surface area contributed by atoms with Gasteiger partial charge in [-0.1, -0.05) is 0 Å². The molecule has 1 amide bonds. The third kappa shape index (κ3) is 5.91. The van der Waals surface area contributed by atoms with Crippen molar-refractivity contribution in [2.24, 2.45) is 7.05 Å². The first-order chi connectivity index (χ1) is 7.87. The van der Waals surface area contributed by atoms with E-state index in [0.29, 0.717) is 5.82 Å². The minimum Gasteiger partial charge on any atom is -0.372 e. The lowest BCUT2D eigenvalue weighted by molar-refractivity contribution is -0.174. The van der Waals surface area contributed by atoms with Crippen molar-refractivity contribution in [3.05, 3.63) is 12.3 Å². The molecule has 0 unspecified atom stereocenters. The zero-order valence-electron chi connectivity index (χ0n) is 9.12. The van der Waals surface area contributed by atoms with Gasteiger partial charge in [-0.25, -0.2) is 0 Å². The fourth-order valence-electron chi connectivity index (χ4n) is 1.04. The highest BCUT2D eigenvalue weighted by Gasteiger charge is 2.27. The van der Waals surface area contributed by atoms with Gasteiger partial charge in [0.15, 0.2) is 5.82 Å². The maximum atomic E-state index is 11.7. The van der Waals surface area contributed by atoms with Crippen molar-refractivity contribution in [3.63, 3.8) is 0 Å². The van der Waals surface area contributed by atoms with Crippen LogP contribution < -0.4 is 5.32 Å². The summed E-state index contributed by atoms with van der Waals surface area (Å²) in [6.07, 6.45) is -2.88. The zero-order valence-corrected chi connectivity index (χ0v) is 9.12. The van der Waals surface area contributed by atoms with E-state index < -0.39 is 18.7 Å². The van der Waals surface area contributed by atoms with Crippen LogP contribution in [-0.2, 0) is 16.6 Å². The summed E-state index contributed by atoms with van der Waals surface area (Å²) < 4.78 is 40.9. The van der Waals surface area contributed by atoms with Crippen LogP contribution in [0.2, 0.25) is 0 Å². The number of carbonyl (C=O) groups excluding carboxylic acids is 1. The molecule has 0 bridgehead atoms. The fourth-order valence-corrected chi connectivity index (χ4v) is 1.04. The van der Waals surface area contributed by atoms with Crippen molar-refractivity contribution in [1.82, 2.24) is 9.78 Å². The number of rotatable bonds is 5. The van der Waals surface area contributed by atoms with E-state index in [1.165, 1.54) is 4.68 Å². The Labute approximate surface area is 95.5 Å². The zero-order chi connectivity index (χ0) is 12.9. The van der Waals surface area contributed by atoms with E-state index in [9.17, 15) is 18.0 Å². The second-order valence-corrected chi connectivity index (χ2v) is 3.34. The summed E-state index contributed by atoms with van der Waals surface area (Å²) in [6.45, 7) is -1.62. The van der Waals surface area contributed by atoms with E-state index in [1.807, 2.05) is 0 Å². The van der Waals surface area contributed by atoms with E-state index in [1.54, 1.807) is 19.3 Å². The molecule has 0 saturated carbocycles. The molecule has 0 aliphatic rings. The van der Waals surface area contributed by atoms with Crippen LogP contribution in [0.15, 0.2) is 12.3 Å². The third-order valence-corrected chi connectivity index (χ3v) is 1.72.